The van der Waals surface area contributed by atoms with Gasteiger partial charge in [-0.05, 0) is 49.9 Å². The van der Waals surface area contributed by atoms with Gasteiger partial charge in [0.2, 0.25) is 0 Å². The van der Waals surface area contributed by atoms with Gasteiger partial charge in [0, 0.05) is 24.0 Å². The normalized spacial score (nSPS) is 24.7. The van der Waals surface area contributed by atoms with E-state index in [1.54, 1.807) is 24.4 Å². The van der Waals surface area contributed by atoms with E-state index < -0.39 is 11.4 Å². The number of nitrogens with zero attached hydrogens (tertiary/aromatic N) is 1. The molecular formula is C18H20FN2O. The zero-order valence-electron chi connectivity index (χ0n) is 12.4. The molecule has 22 heavy (non-hydrogen) atoms. The van der Waals surface area contributed by atoms with Crippen LogP contribution in [0, 0.1) is 18.7 Å². The van der Waals surface area contributed by atoms with Crippen LogP contribution in [0.1, 0.15) is 30.0 Å². The number of benzene rings is 1. The van der Waals surface area contributed by atoms with Crippen molar-refractivity contribution < 1.29 is 9.50 Å². The van der Waals surface area contributed by atoms with Crippen molar-refractivity contribution in [3.05, 3.63) is 72.7 Å². The maximum absolute atomic E-state index is 14.0. The molecular weight excluding hydrogens is 279 g/mol. The predicted octanol–water partition coefficient (Wildman–Crippen LogP) is 2.98. The van der Waals surface area contributed by atoms with Crippen LogP contribution in [0.3, 0.4) is 0 Å². The molecule has 3 rings (SSSR count). The van der Waals surface area contributed by atoms with Crippen LogP contribution in [0.25, 0.3) is 0 Å². The Kier molecular flexibility index (Phi) is 4.23. The summed E-state index contributed by atoms with van der Waals surface area (Å²) in [5.74, 6) is -0.521. The van der Waals surface area contributed by atoms with E-state index >= 15 is 0 Å². The Morgan fingerprint density at radius 1 is 1.27 bits per heavy atom. The van der Waals surface area contributed by atoms with Crippen LogP contribution >= 0.6 is 0 Å². The van der Waals surface area contributed by atoms with Crippen LogP contribution in [-0.4, -0.2) is 16.6 Å². The van der Waals surface area contributed by atoms with Gasteiger partial charge < -0.3 is 10.4 Å². The lowest BCUT2D eigenvalue weighted by molar-refractivity contribution is -0.00364. The second-order valence-corrected chi connectivity index (χ2v) is 5.92. The van der Waals surface area contributed by atoms with E-state index in [0.717, 1.165) is 18.5 Å². The molecule has 0 bridgehead atoms. The molecule has 2 heterocycles. The van der Waals surface area contributed by atoms with Crippen molar-refractivity contribution in [2.45, 2.75) is 24.5 Å². The molecule has 1 aliphatic rings. The number of hydrogen-bond donors (Lipinski definition) is 2. The van der Waals surface area contributed by atoms with E-state index in [-0.39, 0.29) is 17.5 Å². The van der Waals surface area contributed by atoms with Crippen molar-refractivity contribution in [2.75, 3.05) is 6.54 Å². The highest BCUT2D eigenvalue weighted by Gasteiger charge is 2.39. The Morgan fingerprint density at radius 2 is 2.09 bits per heavy atom. The van der Waals surface area contributed by atoms with Gasteiger partial charge in [0.1, 0.15) is 5.82 Å². The Labute approximate surface area is 130 Å². The number of halogens is 1. The number of pyridine rings is 1. The van der Waals surface area contributed by atoms with Crippen LogP contribution in [0.4, 0.5) is 4.39 Å². The van der Waals surface area contributed by atoms with Gasteiger partial charge in [0.15, 0.2) is 0 Å². The number of aromatic nitrogens is 1. The van der Waals surface area contributed by atoms with Crippen molar-refractivity contribution in [3.8, 4) is 0 Å². The molecule has 1 aliphatic heterocycles. The fraction of sp³-hybridized carbons (Fsp3) is 0.333. The molecule has 2 aromatic rings. The van der Waals surface area contributed by atoms with Crippen LogP contribution in [0.5, 0.6) is 0 Å². The van der Waals surface area contributed by atoms with Crippen LogP contribution < -0.4 is 5.32 Å². The molecule has 2 N–H and O–H groups in total. The van der Waals surface area contributed by atoms with E-state index in [4.69, 9.17) is 0 Å². The maximum atomic E-state index is 14.0. The Balaban J connectivity index is 1.84. The third-order valence-electron chi connectivity index (χ3n) is 4.51. The number of nitrogens with one attached hydrogen (secondary N) is 1. The van der Waals surface area contributed by atoms with Crippen LogP contribution in [0.15, 0.2) is 48.8 Å². The fourth-order valence-electron chi connectivity index (χ4n) is 3.22. The minimum atomic E-state index is -1.42. The first-order valence-corrected chi connectivity index (χ1v) is 7.55. The molecule has 1 fully saturated rings. The first-order chi connectivity index (χ1) is 10.6. The molecule has 1 aromatic heterocycles. The smallest absolute Gasteiger partial charge is 0.129 e. The molecule has 3 atom stereocenters. The summed E-state index contributed by atoms with van der Waals surface area (Å²) in [7, 11) is 0. The van der Waals surface area contributed by atoms with Crippen molar-refractivity contribution in [1.29, 1.82) is 0 Å². The highest BCUT2D eigenvalue weighted by atomic mass is 19.1. The highest BCUT2D eigenvalue weighted by molar-refractivity contribution is 5.27. The molecule has 1 aromatic carbocycles. The SMILES string of the molecule is [CH2]C(O)(c1ccccc1F)C1CCNC(c2cccnc2)C1. The summed E-state index contributed by atoms with van der Waals surface area (Å²) in [6.07, 6.45) is 5.01. The van der Waals surface area contributed by atoms with E-state index in [2.05, 4.69) is 17.2 Å². The average molecular weight is 299 g/mol. The van der Waals surface area contributed by atoms with Crippen LogP contribution in [-0.2, 0) is 5.60 Å². The van der Waals surface area contributed by atoms with E-state index in [1.807, 2.05) is 18.3 Å². The summed E-state index contributed by atoms with van der Waals surface area (Å²) in [4.78, 5) is 4.14. The van der Waals surface area contributed by atoms with Gasteiger partial charge in [-0.1, -0.05) is 24.3 Å². The molecule has 115 valence electrons. The minimum Gasteiger partial charge on any atom is -0.385 e. The van der Waals surface area contributed by atoms with E-state index in [1.165, 1.54) is 6.07 Å². The van der Waals surface area contributed by atoms with Gasteiger partial charge in [-0.15, -0.1) is 0 Å². The minimum absolute atomic E-state index is 0.104. The Bertz CT molecular complexity index is 630. The molecule has 4 heteroatoms. The third kappa shape index (κ3) is 2.89. The molecule has 1 saturated heterocycles. The molecule has 0 saturated carbocycles. The van der Waals surface area contributed by atoms with Crippen molar-refractivity contribution in [2.24, 2.45) is 5.92 Å². The largest absolute Gasteiger partial charge is 0.385 e. The molecule has 1 radical (unpaired) electrons. The topological polar surface area (TPSA) is 45.1 Å². The lowest BCUT2D eigenvalue weighted by Crippen LogP contribution is -2.42. The first kappa shape index (κ1) is 15.1. The molecule has 0 spiro atoms. The van der Waals surface area contributed by atoms with Gasteiger partial charge in [-0.3, -0.25) is 4.98 Å². The zero-order chi connectivity index (χ0) is 15.6. The predicted molar refractivity (Wildman–Crippen MR) is 83.4 cm³/mol. The molecule has 3 unspecified atom stereocenters. The van der Waals surface area contributed by atoms with Crippen molar-refractivity contribution in [3.63, 3.8) is 0 Å². The highest BCUT2D eigenvalue weighted by Crippen LogP contribution is 2.40. The van der Waals surface area contributed by atoms with Gasteiger partial charge in [0.05, 0.1) is 5.60 Å². The van der Waals surface area contributed by atoms with E-state index in [0.29, 0.717) is 6.42 Å². The lowest BCUT2D eigenvalue weighted by atomic mass is 9.75. The molecule has 0 amide bonds. The maximum Gasteiger partial charge on any atom is 0.129 e. The fourth-order valence-corrected chi connectivity index (χ4v) is 3.22. The first-order valence-electron chi connectivity index (χ1n) is 7.55. The molecule has 3 nitrogen and oxygen atoms in total. The summed E-state index contributed by atoms with van der Waals surface area (Å²) in [6, 6.07) is 10.3. The number of piperidine rings is 1. The summed E-state index contributed by atoms with van der Waals surface area (Å²) in [6.45, 7) is 4.69. The summed E-state index contributed by atoms with van der Waals surface area (Å²) < 4.78 is 14.0. The standard InChI is InChI=1S/C18H20FN2O/c1-18(22,15-6-2-3-7-16(15)19)14-8-10-21-17(11-14)13-5-4-9-20-12-13/h2-7,9,12,14,17,21-22H,1,8,10-11H2. The van der Waals surface area contributed by atoms with Gasteiger partial charge in [0.25, 0.3) is 0 Å². The monoisotopic (exact) mass is 299 g/mol. The van der Waals surface area contributed by atoms with E-state index in [9.17, 15) is 9.50 Å². The second kappa shape index (κ2) is 6.15. The van der Waals surface area contributed by atoms with Crippen molar-refractivity contribution in [1.82, 2.24) is 10.3 Å². The summed E-state index contributed by atoms with van der Waals surface area (Å²) in [5, 5.41) is 14.3. The number of rotatable bonds is 3. The number of aliphatic hydroxyl groups is 1. The molecule has 0 aliphatic carbocycles. The number of hydrogen-bond acceptors (Lipinski definition) is 3. The average Bonchev–Trinajstić information content (AvgIpc) is 2.56. The second-order valence-electron chi connectivity index (χ2n) is 5.92. The van der Waals surface area contributed by atoms with Crippen molar-refractivity contribution >= 4 is 0 Å². The third-order valence-corrected chi connectivity index (χ3v) is 4.51. The Hall–Kier alpha value is -1.78. The van der Waals surface area contributed by atoms with Crippen LogP contribution in [0.2, 0.25) is 0 Å². The summed E-state index contributed by atoms with van der Waals surface area (Å²) >= 11 is 0. The quantitative estimate of drug-likeness (QED) is 0.916. The Morgan fingerprint density at radius 3 is 2.82 bits per heavy atom. The zero-order valence-corrected chi connectivity index (χ0v) is 12.4. The lowest BCUT2D eigenvalue weighted by Gasteiger charge is -2.39. The van der Waals surface area contributed by atoms with Gasteiger partial charge >= 0.3 is 0 Å². The van der Waals surface area contributed by atoms with Gasteiger partial charge in [-0.2, -0.15) is 0 Å². The van der Waals surface area contributed by atoms with Gasteiger partial charge in [-0.25, -0.2) is 4.39 Å². The summed E-state index contributed by atoms with van der Waals surface area (Å²) in [5.41, 5.74) is -0.0724.